The maximum absolute atomic E-state index is 12.8. The Morgan fingerprint density at radius 2 is 2.07 bits per heavy atom. The summed E-state index contributed by atoms with van der Waals surface area (Å²) in [4.78, 5) is 45.0. The van der Waals surface area contributed by atoms with E-state index in [0.717, 1.165) is 38.0 Å². The van der Waals surface area contributed by atoms with Crippen molar-refractivity contribution < 1.29 is 19.5 Å². The number of rotatable bonds is 6. The van der Waals surface area contributed by atoms with Gasteiger partial charge in [0, 0.05) is 50.5 Å². The first-order valence-electron chi connectivity index (χ1n) is 10.9. The van der Waals surface area contributed by atoms with Crippen molar-refractivity contribution in [1.82, 2.24) is 20.1 Å². The molecule has 8 nitrogen and oxygen atoms in total. The van der Waals surface area contributed by atoms with Crippen LogP contribution in [0.3, 0.4) is 0 Å². The minimum atomic E-state index is -0.782. The van der Waals surface area contributed by atoms with Gasteiger partial charge in [0.05, 0.1) is 18.0 Å². The molecule has 3 saturated heterocycles. The molecule has 30 heavy (non-hydrogen) atoms. The van der Waals surface area contributed by atoms with Crippen molar-refractivity contribution in [3.63, 3.8) is 0 Å². The first-order valence-corrected chi connectivity index (χ1v) is 10.9. The van der Waals surface area contributed by atoms with Crippen molar-refractivity contribution in [2.45, 2.75) is 51.1 Å². The number of aryl methyl sites for hydroxylation is 1. The fraction of sp³-hybridized carbons (Fsp3) is 0.636. The minimum absolute atomic E-state index is 0.0472. The number of carbonyl (C=O) groups excluding carboxylic acids is 2. The normalized spacial score (nSPS) is 28.7. The summed E-state index contributed by atoms with van der Waals surface area (Å²) in [6.07, 6.45) is 5.21. The highest BCUT2D eigenvalue weighted by molar-refractivity contribution is 5.93. The molecule has 4 rings (SSSR count). The number of piperidine rings is 3. The zero-order valence-electron chi connectivity index (χ0n) is 17.4. The minimum Gasteiger partial charge on any atom is -0.481 e. The third kappa shape index (κ3) is 4.33. The van der Waals surface area contributed by atoms with Gasteiger partial charge in [-0.2, -0.15) is 0 Å². The number of nitrogens with zero attached hydrogens (tertiary/aromatic N) is 3. The third-order valence-electron chi connectivity index (χ3n) is 6.86. The van der Waals surface area contributed by atoms with Crippen LogP contribution >= 0.6 is 0 Å². The molecule has 0 aliphatic carbocycles. The maximum Gasteiger partial charge on any atom is 0.304 e. The van der Waals surface area contributed by atoms with Crippen molar-refractivity contribution in [3.8, 4) is 0 Å². The molecule has 0 aromatic carbocycles. The van der Waals surface area contributed by atoms with Crippen LogP contribution in [0.15, 0.2) is 18.3 Å². The van der Waals surface area contributed by atoms with Gasteiger partial charge in [-0.1, -0.05) is 0 Å². The number of likely N-dealkylation sites (tertiary alicyclic amines) is 1. The zero-order chi connectivity index (χ0) is 21.3. The predicted octanol–water partition coefficient (Wildman–Crippen LogP) is 1.30. The predicted molar refractivity (Wildman–Crippen MR) is 110 cm³/mol. The molecular formula is C22H30N4O4. The molecule has 0 unspecified atom stereocenters. The van der Waals surface area contributed by atoms with E-state index in [1.54, 1.807) is 12.3 Å². The molecule has 2 bridgehead atoms. The molecule has 8 heteroatoms. The van der Waals surface area contributed by atoms with Crippen LogP contribution < -0.4 is 5.32 Å². The number of hydrogen-bond acceptors (Lipinski definition) is 5. The number of aliphatic carboxylic acids is 1. The summed E-state index contributed by atoms with van der Waals surface area (Å²) in [6, 6.07) is 3.72. The molecular weight excluding hydrogens is 384 g/mol. The van der Waals surface area contributed by atoms with Crippen LogP contribution in [0.2, 0.25) is 0 Å². The molecule has 0 saturated carbocycles. The topological polar surface area (TPSA) is 103 Å². The lowest BCUT2D eigenvalue weighted by Gasteiger charge is -2.56. The molecule has 1 aromatic rings. The van der Waals surface area contributed by atoms with Crippen LogP contribution in [0.4, 0.5) is 0 Å². The number of amides is 2. The summed E-state index contributed by atoms with van der Waals surface area (Å²) in [7, 11) is 0. The van der Waals surface area contributed by atoms with Gasteiger partial charge in [-0.3, -0.25) is 19.4 Å². The molecule has 2 N–H and O–H groups in total. The maximum atomic E-state index is 12.8. The summed E-state index contributed by atoms with van der Waals surface area (Å²) >= 11 is 0. The van der Waals surface area contributed by atoms with Gasteiger partial charge in [0.1, 0.15) is 0 Å². The summed E-state index contributed by atoms with van der Waals surface area (Å²) in [6.45, 7) is 4.46. The van der Waals surface area contributed by atoms with Gasteiger partial charge in [-0.05, 0) is 50.2 Å². The van der Waals surface area contributed by atoms with E-state index in [1.165, 1.54) is 0 Å². The summed E-state index contributed by atoms with van der Waals surface area (Å²) in [5.41, 5.74) is 1.37. The van der Waals surface area contributed by atoms with E-state index in [2.05, 4.69) is 20.1 Å². The Morgan fingerprint density at radius 3 is 2.80 bits per heavy atom. The largest absolute Gasteiger partial charge is 0.481 e. The summed E-state index contributed by atoms with van der Waals surface area (Å²) in [5.74, 6) is -0.140. The SMILES string of the molecule is Cc1ccc(C(=O)NC[C@H]2[C@H]3C[C@H](CN(CCC(=O)O)C3)[C@@H]3CCCC(=O)N32)cn1. The number of hydrogen-bond donors (Lipinski definition) is 2. The van der Waals surface area contributed by atoms with Gasteiger partial charge in [0.2, 0.25) is 5.91 Å². The highest BCUT2D eigenvalue weighted by atomic mass is 16.4. The summed E-state index contributed by atoms with van der Waals surface area (Å²) in [5, 5.41) is 12.1. The van der Waals surface area contributed by atoms with Gasteiger partial charge in [-0.25, -0.2) is 0 Å². The van der Waals surface area contributed by atoms with Gasteiger partial charge < -0.3 is 20.2 Å². The standard InChI is InChI=1S/C22H30N4O4/c1-14-5-6-15(10-23-14)22(30)24-11-19-17-9-16(12-25(13-17)8-7-21(28)29)18-3-2-4-20(27)26(18)19/h5-6,10,16-19H,2-4,7-9,11-13H2,1H3,(H,24,30)(H,28,29)/t16-,17+,18+,19+/m1/s1. The first kappa shape index (κ1) is 20.8. The molecule has 1 aromatic heterocycles. The van der Waals surface area contributed by atoms with Gasteiger partial charge in [0.25, 0.3) is 5.91 Å². The Bertz CT molecular complexity index is 812. The number of nitrogens with one attached hydrogen (secondary N) is 1. The zero-order valence-corrected chi connectivity index (χ0v) is 17.4. The van der Waals surface area contributed by atoms with Crippen LogP contribution in [0.1, 0.15) is 48.2 Å². The average molecular weight is 415 g/mol. The monoisotopic (exact) mass is 414 g/mol. The second-order valence-corrected chi connectivity index (χ2v) is 8.89. The number of aromatic nitrogens is 1. The van der Waals surface area contributed by atoms with Gasteiger partial charge in [0.15, 0.2) is 0 Å². The first-order chi connectivity index (χ1) is 14.4. The van der Waals surface area contributed by atoms with E-state index >= 15 is 0 Å². The number of fused-ring (bicyclic) bond motifs is 4. The van der Waals surface area contributed by atoms with Crippen LogP contribution in [0.5, 0.6) is 0 Å². The number of pyridine rings is 1. The van der Waals surface area contributed by atoms with E-state index < -0.39 is 5.97 Å². The van der Waals surface area contributed by atoms with E-state index in [0.29, 0.717) is 31.0 Å². The quantitative estimate of drug-likeness (QED) is 0.727. The van der Waals surface area contributed by atoms with Crippen LogP contribution in [0.25, 0.3) is 0 Å². The highest BCUT2D eigenvalue weighted by Gasteiger charge is 2.49. The van der Waals surface area contributed by atoms with E-state index in [4.69, 9.17) is 5.11 Å². The van der Waals surface area contributed by atoms with E-state index in [1.807, 2.05) is 13.0 Å². The fourth-order valence-electron chi connectivity index (χ4n) is 5.47. The molecule has 3 aliphatic heterocycles. The third-order valence-corrected chi connectivity index (χ3v) is 6.86. The fourth-order valence-corrected chi connectivity index (χ4v) is 5.47. The smallest absolute Gasteiger partial charge is 0.304 e. The molecule has 3 aliphatic rings. The average Bonchev–Trinajstić information content (AvgIpc) is 2.73. The summed E-state index contributed by atoms with van der Waals surface area (Å²) < 4.78 is 0. The van der Waals surface area contributed by atoms with Crippen LogP contribution in [-0.2, 0) is 9.59 Å². The lowest BCUT2D eigenvalue weighted by atomic mass is 9.72. The Morgan fingerprint density at radius 1 is 1.27 bits per heavy atom. The molecule has 162 valence electrons. The number of carbonyl (C=O) groups is 3. The van der Waals surface area contributed by atoms with Crippen molar-refractivity contribution in [1.29, 1.82) is 0 Å². The second kappa shape index (κ2) is 8.71. The molecule has 2 amide bonds. The molecule has 0 spiro atoms. The molecule has 4 heterocycles. The lowest BCUT2D eigenvalue weighted by molar-refractivity contribution is -0.152. The van der Waals surface area contributed by atoms with Crippen molar-refractivity contribution in [2.24, 2.45) is 11.8 Å². The van der Waals surface area contributed by atoms with E-state index in [9.17, 15) is 14.4 Å². The Kier molecular flexibility index (Phi) is 6.04. The van der Waals surface area contributed by atoms with Crippen LogP contribution in [0, 0.1) is 18.8 Å². The van der Waals surface area contributed by atoms with Crippen molar-refractivity contribution in [2.75, 3.05) is 26.2 Å². The lowest BCUT2D eigenvalue weighted by Crippen LogP contribution is -2.67. The van der Waals surface area contributed by atoms with E-state index in [-0.39, 0.29) is 36.2 Å². The molecule has 3 fully saturated rings. The van der Waals surface area contributed by atoms with Crippen molar-refractivity contribution in [3.05, 3.63) is 29.6 Å². The molecule has 0 radical (unpaired) electrons. The number of carboxylic acids is 1. The van der Waals surface area contributed by atoms with Gasteiger partial charge >= 0.3 is 5.97 Å². The highest BCUT2D eigenvalue weighted by Crippen LogP contribution is 2.41. The number of carboxylic acid groups (broad SMARTS) is 1. The molecule has 4 atom stereocenters. The van der Waals surface area contributed by atoms with Crippen LogP contribution in [-0.4, -0.2) is 75.9 Å². The Labute approximate surface area is 176 Å². The Hall–Kier alpha value is -2.48. The Balaban J connectivity index is 1.48. The second-order valence-electron chi connectivity index (χ2n) is 8.89. The van der Waals surface area contributed by atoms with Crippen molar-refractivity contribution >= 4 is 17.8 Å². The van der Waals surface area contributed by atoms with Gasteiger partial charge in [-0.15, -0.1) is 0 Å².